The molecule has 20 heavy (non-hydrogen) atoms. The Morgan fingerprint density at radius 2 is 2.20 bits per heavy atom. The Balaban J connectivity index is 1.79. The van der Waals surface area contributed by atoms with Gasteiger partial charge < -0.3 is 15.1 Å². The van der Waals surface area contributed by atoms with Crippen molar-refractivity contribution < 1.29 is 13.6 Å². The number of carbonyl (C=O) groups excluding carboxylic acids is 1. The van der Waals surface area contributed by atoms with Gasteiger partial charge in [0.2, 0.25) is 5.91 Å². The van der Waals surface area contributed by atoms with E-state index in [9.17, 15) is 9.18 Å². The molecule has 0 aliphatic carbocycles. The maximum absolute atomic E-state index is 14.0. The summed E-state index contributed by atoms with van der Waals surface area (Å²) in [5, 5.41) is 5.75. The van der Waals surface area contributed by atoms with E-state index >= 15 is 0 Å². The number of nitrogens with one attached hydrogen (secondary N) is 2. The van der Waals surface area contributed by atoms with Gasteiger partial charge in [-0.25, -0.2) is 4.39 Å². The Bertz CT molecular complexity index is 664. The molecule has 0 saturated heterocycles. The molecule has 1 aromatic carbocycles. The molecule has 0 unspecified atom stereocenters. The summed E-state index contributed by atoms with van der Waals surface area (Å²) in [6.45, 7) is 2.26. The van der Waals surface area contributed by atoms with Crippen LogP contribution in [0.5, 0.6) is 0 Å². The van der Waals surface area contributed by atoms with E-state index in [4.69, 9.17) is 4.42 Å². The van der Waals surface area contributed by atoms with Crippen LogP contribution in [0.1, 0.15) is 23.5 Å². The molecule has 0 bridgehead atoms. The number of fused-ring (bicyclic) bond motifs is 1. The molecule has 0 saturated carbocycles. The standard InChI is InChI=1S/C15H15FN2O2/c1-9-2-4-11(20-9)8-17-14-7-13-10(6-12(14)16)3-5-15(19)18-13/h2,4,6-7,17H,3,5,8H2,1H3,(H,18,19). The molecule has 1 aliphatic rings. The molecule has 1 aromatic heterocycles. The number of hydrogen-bond donors (Lipinski definition) is 2. The maximum Gasteiger partial charge on any atom is 0.224 e. The number of furan rings is 1. The third-order valence-electron chi connectivity index (χ3n) is 3.34. The summed E-state index contributed by atoms with van der Waals surface area (Å²) in [5.41, 5.74) is 1.88. The zero-order valence-electron chi connectivity index (χ0n) is 11.1. The minimum absolute atomic E-state index is 0.0308. The van der Waals surface area contributed by atoms with Crippen molar-refractivity contribution in [1.82, 2.24) is 0 Å². The second-order valence-corrected chi connectivity index (χ2v) is 4.90. The first-order valence-electron chi connectivity index (χ1n) is 6.53. The fourth-order valence-corrected chi connectivity index (χ4v) is 2.30. The van der Waals surface area contributed by atoms with Crippen molar-refractivity contribution in [2.24, 2.45) is 0 Å². The normalized spacial score (nSPS) is 13.8. The van der Waals surface area contributed by atoms with Crippen LogP contribution in [-0.4, -0.2) is 5.91 Å². The molecule has 4 nitrogen and oxygen atoms in total. The van der Waals surface area contributed by atoms with E-state index < -0.39 is 0 Å². The molecular weight excluding hydrogens is 259 g/mol. The Labute approximate surface area is 116 Å². The smallest absolute Gasteiger partial charge is 0.224 e. The highest BCUT2D eigenvalue weighted by Gasteiger charge is 2.17. The molecule has 0 radical (unpaired) electrons. The van der Waals surface area contributed by atoms with E-state index in [0.29, 0.717) is 30.8 Å². The van der Waals surface area contributed by atoms with Crippen molar-refractivity contribution in [3.05, 3.63) is 47.2 Å². The van der Waals surface area contributed by atoms with Gasteiger partial charge in [-0.3, -0.25) is 4.79 Å². The van der Waals surface area contributed by atoms with Gasteiger partial charge in [0.25, 0.3) is 0 Å². The van der Waals surface area contributed by atoms with Crippen LogP contribution >= 0.6 is 0 Å². The Morgan fingerprint density at radius 1 is 1.35 bits per heavy atom. The summed E-state index contributed by atoms with van der Waals surface area (Å²) < 4.78 is 19.4. The zero-order chi connectivity index (χ0) is 14.1. The van der Waals surface area contributed by atoms with Crippen LogP contribution in [0, 0.1) is 12.7 Å². The van der Waals surface area contributed by atoms with Crippen LogP contribution in [-0.2, 0) is 17.8 Å². The van der Waals surface area contributed by atoms with Gasteiger partial charge in [-0.2, -0.15) is 0 Å². The maximum atomic E-state index is 14.0. The third kappa shape index (κ3) is 2.52. The van der Waals surface area contributed by atoms with Gasteiger partial charge in [0.05, 0.1) is 12.2 Å². The predicted molar refractivity (Wildman–Crippen MR) is 74.1 cm³/mol. The molecule has 0 spiro atoms. The van der Waals surface area contributed by atoms with Crippen LogP contribution in [0.2, 0.25) is 0 Å². The number of anilines is 2. The predicted octanol–water partition coefficient (Wildman–Crippen LogP) is 3.22. The fourth-order valence-electron chi connectivity index (χ4n) is 2.30. The van der Waals surface area contributed by atoms with Crippen molar-refractivity contribution in [3.63, 3.8) is 0 Å². The second kappa shape index (κ2) is 5.00. The minimum Gasteiger partial charge on any atom is -0.465 e. The molecule has 0 atom stereocenters. The first-order valence-corrected chi connectivity index (χ1v) is 6.53. The number of aryl methyl sites for hydroxylation is 2. The van der Waals surface area contributed by atoms with Gasteiger partial charge in [0.1, 0.15) is 17.3 Å². The lowest BCUT2D eigenvalue weighted by Gasteiger charge is -2.18. The van der Waals surface area contributed by atoms with E-state index in [1.165, 1.54) is 6.07 Å². The lowest BCUT2D eigenvalue weighted by Crippen LogP contribution is -2.19. The van der Waals surface area contributed by atoms with Gasteiger partial charge in [0.15, 0.2) is 0 Å². The topological polar surface area (TPSA) is 54.3 Å². The summed E-state index contributed by atoms with van der Waals surface area (Å²) in [6, 6.07) is 6.82. The molecule has 2 N–H and O–H groups in total. The van der Waals surface area contributed by atoms with Crippen LogP contribution in [0.15, 0.2) is 28.7 Å². The molecule has 1 aliphatic heterocycles. The average molecular weight is 274 g/mol. The lowest BCUT2D eigenvalue weighted by atomic mass is 10.0. The molecule has 0 fully saturated rings. The largest absolute Gasteiger partial charge is 0.465 e. The molecule has 104 valence electrons. The molecule has 2 heterocycles. The Hall–Kier alpha value is -2.30. The van der Waals surface area contributed by atoms with E-state index in [-0.39, 0.29) is 11.7 Å². The molecule has 5 heteroatoms. The SMILES string of the molecule is Cc1ccc(CNc2cc3c(cc2F)CCC(=O)N3)o1. The van der Waals surface area contributed by atoms with Gasteiger partial charge in [-0.15, -0.1) is 0 Å². The first-order chi connectivity index (χ1) is 9.61. The van der Waals surface area contributed by atoms with Crippen molar-refractivity contribution in [1.29, 1.82) is 0 Å². The number of halogens is 1. The van der Waals surface area contributed by atoms with Crippen molar-refractivity contribution >= 4 is 17.3 Å². The second-order valence-electron chi connectivity index (χ2n) is 4.90. The Morgan fingerprint density at radius 3 is 2.95 bits per heavy atom. The quantitative estimate of drug-likeness (QED) is 0.903. The van der Waals surface area contributed by atoms with E-state index in [1.54, 1.807) is 6.07 Å². The third-order valence-corrected chi connectivity index (χ3v) is 3.34. The highest BCUT2D eigenvalue weighted by molar-refractivity contribution is 5.94. The Kier molecular flexibility index (Phi) is 3.18. The summed E-state index contributed by atoms with van der Waals surface area (Å²) in [5.74, 6) is 1.21. The number of carbonyl (C=O) groups is 1. The van der Waals surface area contributed by atoms with Gasteiger partial charge in [-0.1, -0.05) is 0 Å². The zero-order valence-corrected chi connectivity index (χ0v) is 11.1. The summed E-state index contributed by atoms with van der Waals surface area (Å²) >= 11 is 0. The number of benzene rings is 1. The highest BCUT2D eigenvalue weighted by Crippen LogP contribution is 2.28. The van der Waals surface area contributed by atoms with E-state index in [2.05, 4.69) is 10.6 Å². The molecule has 1 amide bonds. The van der Waals surface area contributed by atoms with Gasteiger partial charge in [0, 0.05) is 12.1 Å². The summed E-state index contributed by atoms with van der Waals surface area (Å²) in [4.78, 5) is 11.4. The van der Waals surface area contributed by atoms with Crippen molar-refractivity contribution in [2.75, 3.05) is 10.6 Å². The van der Waals surface area contributed by atoms with Crippen molar-refractivity contribution in [2.45, 2.75) is 26.3 Å². The summed E-state index contributed by atoms with van der Waals surface area (Å²) in [7, 11) is 0. The molecule has 2 aromatic rings. The van der Waals surface area contributed by atoms with Gasteiger partial charge >= 0.3 is 0 Å². The summed E-state index contributed by atoms with van der Waals surface area (Å²) in [6.07, 6.45) is 0.987. The lowest BCUT2D eigenvalue weighted by molar-refractivity contribution is -0.116. The average Bonchev–Trinajstić information content (AvgIpc) is 2.83. The van der Waals surface area contributed by atoms with E-state index in [1.807, 2.05) is 19.1 Å². The van der Waals surface area contributed by atoms with Crippen LogP contribution in [0.3, 0.4) is 0 Å². The van der Waals surface area contributed by atoms with Crippen LogP contribution in [0.25, 0.3) is 0 Å². The first kappa shape index (κ1) is 12.7. The van der Waals surface area contributed by atoms with E-state index in [0.717, 1.165) is 17.1 Å². The molecular formula is C15H15FN2O2. The number of hydrogen-bond acceptors (Lipinski definition) is 3. The number of amides is 1. The van der Waals surface area contributed by atoms with Crippen LogP contribution < -0.4 is 10.6 Å². The number of rotatable bonds is 3. The molecule has 3 rings (SSSR count). The fraction of sp³-hybridized carbons (Fsp3) is 0.267. The minimum atomic E-state index is -0.317. The van der Waals surface area contributed by atoms with Crippen molar-refractivity contribution in [3.8, 4) is 0 Å². The highest BCUT2D eigenvalue weighted by atomic mass is 19.1. The van der Waals surface area contributed by atoms with Gasteiger partial charge in [-0.05, 0) is 43.2 Å². The monoisotopic (exact) mass is 274 g/mol. The van der Waals surface area contributed by atoms with Crippen LogP contribution in [0.4, 0.5) is 15.8 Å².